The highest BCUT2D eigenvalue weighted by atomic mass is 79.9. The highest BCUT2D eigenvalue weighted by molar-refractivity contribution is 9.10. The third kappa shape index (κ3) is 4.09. The van der Waals surface area contributed by atoms with Crippen LogP contribution in [0.2, 0.25) is 0 Å². The lowest BCUT2D eigenvalue weighted by Gasteiger charge is -2.05. The van der Waals surface area contributed by atoms with Crippen molar-refractivity contribution in [2.45, 2.75) is 18.3 Å². The molecular weight excluding hydrogens is 410 g/mol. The third-order valence-electron chi connectivity index (χ3n) is 4.53. The first kappa shape index (κ1) is 17.9. The Bertz CT molecular complexity index is 955. The molecule has 1 aromatic heterocycles. The van der Waals surface area contributed by atoms with Crippen molar-refractivity contribution in [1.29, 1.82) is 0 Å². The van der Waals surface area contributed by atoms with Crippen molar-refractivity contribution >= 4 is 27.5 Å². The van der Waals surface area contributed by atoms with Gasteiger partial charge in [-0.1, -0.05) is 45.4 Å². The van der Waals surface area contributed by atoms with E-state index in [1.807, 2.05) is 36.4 Å². The molecule has 0 radical (unpaired) electrons. The average Bonchev–Trinajstić information content (AvgIpc) is 3.30. The average molecular weight is 428 g/mol. The molecule has 1 heterocycles. The quantitative estimate of drug-likeness (QED) is 0.632. The van der Waals surface area contributed by atoms with E-state index < -0.39 is 0 Å². The van der Waals surface area contributed by atoms with Gasteiger partial charge in [-0.2, -0.15) is 4.98 Å². The van der Waals surface area contributed by atoms with Crippen LogP contribution in [0.25, 0.3) is 11.4 Å². The van der Waals surface area contributed by atoms with Gasteiger partial charge in [0.25, 0.3) is 0 Å². The van der Waals surface area contributed by atoms with Gasteiger partial charge in [0, 0.05) is 28.8 Å². The predicted octanol–water partition coefficient (Wildman–Crippen LogP) is 4.36. The van der Waals surface area contributed by atoms with E-state index in [1.165, 1.54) is 12.7 Å². The molecule has 4 rings (SSSR count). The molecule has 1 amide bonds. The number of anilines is 1. The van der Waals surface area contributed by atoms with Crippen molar-refractivity contribution in [3.8, 4) is 11.4 Å². The lowest BCUT2D eigenvalue weighted by Crippen LogP contribution is -2.16. The van der Waals surface area contributed by atoms with Gasteiger partial charge in [0.15, 0.2) is 0 Å². The van der Waals surface area contributed by atoms with Crippen LogP contribution in [0.15, 0.2) is 57.5 Å². The molecule has 6 nitrogen and oxygen atoms in total. The number of halogens is 1. The van der Waals surface area contributed by atoms with Crippen LogP contribution >= 0.6 is 15.9 Å². The Kier molecular flexibility index (Phi) is 5.05. The van der Waals surface area contributed by atoms with Crippen molar-refractivity contribution in [3.63, 3.8) is 0 Å². The molecule has 1 aliphatic carbocycles. The van der Waals surface area contributed by atoms with Crippen LogP contribution in [0, 0.1) is 0 Å². The number of nitrogens with one attached hydrogen (secondary N) is 1. The normalized spacial score (nSPS) is 18.3. The Hall–Kier alpha value is -2.51. The predicted molar refractivity (Wildman–Crippen MR) is 104 cm³/mol. The Morgan fingerprint density at radius 2 is 2.07 bits per heavy atom. The molecule has 27 heavy (non-hydrogen) atoms. The number of hydrogen-bond acceptors (Lipinski definition) is 5. The number of hydrogen-bond donors (Lipinski definition) is 1. The molecule has 2 aromatic carbocycles. The number of amides is 1. The van der Waals surface area contributed by atoms with Gasteiger partial charge in [0.05, 0.1) is 0 Å². The molecule has 1 fully saturated rings. The minimum atomic E-state index is -0.209. The number of carbonyl (C=O) groups excluding carboxylic acids is 1. The smallest absolute Gasteiger partial charge is 0.250 e. The van der Waals surface area contributed by atoms with E-state index in [2.05, 4.69) is 43.5 Å². The summed E-state index contributed by atoms with van der Waals surface area (Å²) < 4.78 is 11.4. The maximum absolute atomic E-state index is 11.7. The van der Waals surface area contributed by atoms with Crippen LogP contribution in [-0.2, 0) is 9.53 Å². The summed E-state index contributed by atoms with van der Waals surface area (Å²) in [5, 5.41) is 6.89. The summed E-state index contributed by atoms with van der Waals surface area (Å²) in [6, 6.07) is 15.7. The van der Waals surface area contributed by atoms with Gasteiger partial charge >= 0.3 is 0 Å². The van der Waals surface area contributed by atoms with Gasteiger partial charge in [-0.05, 0) is 42.2 Å². The third-order valence-corrected chi connectivity index (χ3v) is 5.06. The van der Waals surface area contributed by atoms with Crippen molar-refractivity contribution in [1.82, 2.24) is 10.1 Å². The Labute approximate surface area is 165 Å². The molecule has 138 valence electrons. The summed E-state index contributed by atoms with van der Waals surface area (Å²) >= 11 is 3.46. The fraction of sp³-hybridized carbons (Fsp3) is 0.250. The number of ether oxygens (including phenoxy) is 1. The molecule has 1 saturated carbocycles. The fourth-order valence-electron chi connectivity index (χ4n) is 3.11. The van der Waals surface area contributed by atoms with Crippen molar-refractivity contribution < 1.29 is 14.1 Å². The Balaban J connectivity index is 1.47. The number of carbonyl (C=O) groups is 1. The van der Waals surface area contributed by atoms with E-state index in [9.17, 15) is 4.79 Å². The molecule has 0 bridgehead atoms. The van der Waals surface area contributed by atoms with Gasteiger partial charge in [0.2, 0.25) is 17.6 Å². The summed E-state index contributed by atoms with van der Waals surface area (Å²) in [5.41, 5.74) is 2.74. The Morgan fingerprint density at radius 1 is 1.26 bits per heavy atom. The van der Waals surface area contributed by atoms with Gasteiger partial charge in [-0.25, -0.2) is 0 Å². The van der Waals surface area contributed by atoms with E-state index in [0.717, 1.165) is 16.5 Å². The van der Waals surface area contributed by atoms with Crippen molar-refractivity contribution in [3.05, 3.63) is 64.5 Å². The molecule has 0 aliphatic heterocycles. The van der Waals surface area contributed by atoms with Crippen LogP contribution in [0.5, 0.6) is 0 Å². The SMILES string of the molecule is COCC(=O)Nc1cccc(-c2noc([C@@H]3C[C@H]3c3ccc(Br)cc3)n2)c1. The standard InChI is InChI=1S/C20H18BrN3O3/c1-26-11-18(25)22-15-4-2-3-13(9-15)19-23-20(27-24-19)17-10-16(17)12-5-7-14(21)8-6-12/h2-9,16-17H,10-11H2,1H3,(H,22,25)/t16-,17+/m0/s1. The van der Waals surface area contributed by atoms with Crippen LogP contribution in [0.3, 0.4) is 0 Å². The molecule has 0 unspecified atom stereocenters. The summed E-state index contributed by atoms with van der Waals surface area (Å²) in [5.74, 6) is 1.66. The van der Waals surface area contributed by atoms with Crippen molar-refractivity contribution in [2.24, 2.45) is 0 Å². The molecule has 2 atom stereocenters. The highest BCUT2D eigenvalue weighted by Gasteiger charge is 2.43. The molecule has 3 aromatic rings. The van der Waals surface area contributed by atoms with Gasteiger partial charge in [0.1, 0.15) is 6.61 Å². The lowest BCUT2D eigenvalue weighted by molar-refractivity contribution is -0.119. The largest absolute Gasteiger partial charge is 0.375 e. The van der Waals surface area contributed by atoms with E-state index >= 15 is 0 Å². The maximum Gasteiger partial charge on any atom is 0.250 e. The second-order valence-electron chi connectivity index (χ2n) is 6.52. The lowest BCUT2D eigenvalue weighted by atomic mass is 10.1. The molecule has 0 spiro atoms. The topological polar surface area (TPSA) is 77.2 Å². The van der Waals surface area contributed by atoms with Crippen LogP contribution in [0.4, 0.5) is 5.69 Å². The first-order chi connectivity index (χ1) is 13.1. The summed E-state index contributed by atoms with van der Waals surface area (Å²) in [4.78, 5) is 16.2. The van der Waals surface area contributed by atoms with Crippen LogP contribution in [0.1, 0.15) is 29.7 Å². The number of benzene rings is 2. The van der Waals surface area contributed by atoms with Gasteiger partial charge < -0.3 is 14.6 Å². The number of rotatable bonds is 6. The van der Waals surface area contributed by atoms with E-state index in [1.54, 1.807) is 0 Å². The molecular formula is C20H18BrN3O3. The van der Waals surface area contributed by atoms with Gasteiger partial charge in [-0.15, -0.1) is 0 Å². The fourth-order valence-corrected chi connectivity index (χ4v) is 3.38. The van der Waals surface area contributed by atoms with E-state index in [-0.39, 0.29) is 18.4 Å². The van der Waals surface area contributed by atoms with E-state index in [4.69, 9.17) is 9.26 Å². The van der Waals surface area contributed by atoms with Crippen LogP contribution in [-0.4, -0.2) is 29.8 Å². The zero-order chi connectivity index (χ0) is 18.8. The highest BCUT2D eigenvalue weighted by Crippen LogP contribution is 2.54. The second kappa shape index (κ2) is 7.62. The Morgan fingerprint density at radius 3 is 2.85 bits per heavy atom. The molecule has 1 aliphatic rings. The van der Waals surface area contributed by atoms with Crippen molar-refractivity contribution in [2.75, 3.05) is 19.0 Å². The summed E-state index contributed by atoms with van der Waals surface area (Å²) in [6.45, 7) is 0.00963. The molecule has 0 saturated heterocycles. The van der Waals surface area contributed by atoms with Gasteiger partial charge in [-0.3, -0.25) is 4.79 Å². The van der Waals surface area contributed by atoms with E-state index in [0.29, 0.717) is 23.3 Å². The number of aromatic nitrogens is 2. The number of methoxy groups -OCH3 is 1. The zero-order valence-corrected chi connectivity index (χ0v) is 16.3. The second-order valence-corrected chi connectivity index (χ2v) is 7.43. The zero-order valence-electron chi connectivity index (χ0n) is 14.7. The maximum atomic E-state index is 11.7. The number of nitrogens with zero attached hydrogens (tertiary/aromatic N) is 2. The molecule has 7 heteroatoms. The summed E-state index contributed by atoms with van der Waals surface area (Å²) in [7, 11) is 1.48. The first-order valence-electron chi connectivity index (χ1n) is 8.62. The first-order valence-corrected chi connectivity index (χ1v) is 9.41. The minimum absolute atomic E-state index is 0.00963. The monoisotopic (exact) mass is 427 g/mol. The van der Waals surface area contributed by atoms with Crippen LogP contribution < -0.4 is 5.32 Å². The summed E-state index contributed by atoms with van der Waals surface area (Å²) in [6.07, 6.45) is 1.01. The molecule has 1 N–H and O–H groups in total. The minimum Gasteiger partial charge on any atom is -0.375 e.